The number of nitrogens with two attached hydrogens (primary N) is 1. The Balaban J connectivity index is 2.40. The molecule has 0 saturated carbocycles. The number of aromatic nitrogens is 2. The first-order chi connectivity index (χ1) is 7.20. The van der Waals surface area contributed by atoms with Crippen molar-refractivity contribution in [3.05, 3.63) is 34.4 Å². The van der Waals surface area contributed by atoms with Crippen molar-refractivity contribution in [3.63, 3.8) is 0 Å². The SMILES string of the molecule is NCc1nnc(-c2ccc(Br)c(F)c2)o1. The number of nitrogens with zero attached hydrogens (tertiary/aromatic N) is 2. The van der Waals surface area contributed by atoms with E-state index in [1.54, 1.807) is 12.1 Å². The normalized spacial score (nSPS) is 10.6. The van der Waals surface area contributed by atoms with E-state index in [0.29, 0.717) is 15.9 Å². The summed E-state index contributed by atoms with van der Waals surface area (Å²) in [6, 6.07) is 4.58. The fourth-order valence-electron chi connectivity index (χ4n) is 1.08. The quantitative estimate of drug-likeness (QED) is 0.909. The number of halogens is 2. The zero-order valence-electron chi connectivity index (χ0n) is 7.58. The minimum Gasteiger partial charge on any atom is -0.419 e. The zero-order valence-corrected chi connectivity index (χ0v) is 9.16. The fourth-order valence-corrected chi connectivity index (χ4v) is 1.33. The second-order valence-corrected chi connectivity index (χ2v) is 3.69. The number of hydrogen-bond acceptors (Lipinski definition) is 4. The average molecular weight is 272 g/mol. The van der Waals surface area contributed by atoms with Crippen LogP contribution in [0, 0.1) is 5.82 Å². The van der Waals surface area contributed by atoms with Crippen LogP contribution >= 0.6 is 15.9 Å². The number of benzene rings is 1. The van der Waals surface area contributed by atoms with Gasteiger partial charge in [-0.3, -0.25) is 0 Å². The molecule has 0 aliphatic rings. The van der Waals surface area contributed by atoms with Gasteiger partial charge in [-0.1, -0.05) is 0 Å². The molecule has 0 unspecified atom stereocenters. The first kappa shape index (κ1) is 10.3. The third-order valence-electron chi connectivity index (χ3n) is 1.81. The molecule has 0 saturated heterocycles. The van der Waals surface area contributed by atoms with Crippen LogP contribution in [0.2, 0.25) is 0 Å². The van der Waals surface area contributed by atoms with Crippen LogP contribution in [0.4, 0.5) is 4.39 Å². The van der Waals surface area contributed by atoms with Crippen molar-refractivity contribution in [3.8, 4) is 11.5 Å². The largest absolute Gasteiger partial charge is 0.419 e. The Kier molecular flexibility index (Phi) is 2.79. The molecule has 2 rings (SSSR count). The predicted molar refractivity (Wildman–Crippen MR) is 55.3 cm³/mol. The average Bonchev–Trinajstić information content (AvgIpc) is 2.70. The molecule has 4 nitrogen and oxygen atoms in total. The minimum absolute atomic E-state index is 0.173. The van der Waals surface area contributed by atoms with Crippen molar-refractivity contribution in [1.29, 1.82) is 0 Å². The van der Waals surface area contributed by atoms with Crippen LogP contribution in [-0.2, 0) is 6.54 Å². The molecule has 0 bridgehead atoms. The maximum atomic E-state index is 13.2. The molecular formula is C9H7BrFN3O. The van der Waals surface area contributed by atoms with Gasteiger partial charge in [-0.25, -0.2) is 4.39 Å². The molecule has 0 amide bonds. The molecule has 1 aromatic heterocycles. The van der Waals surface area contributed by atoms with Gasteiger partial charge < -0.3 is 10.2 Å². The Hall–Kier alpha value is -1.27. The third-order valence-corrected chi connectivity index (χ3v) is 2.45. The predicted octanol–water partition coefficient (Wildman–Crippen LogP) is 2.10. The van der Waals surface area contributed by atoms with Crippen molar-refractivity contribution in [2.24, 2.45) is 5.73 Å². The van der Waals surface area contributed by atoms with E-state index in [9.17, 15) is 4.39 Å². The number of hydrogen-bond donors (Lipinski definition) is 1. The van der Waals surface area contributed by atoms with E-state index >= 15 is 0 Å². The highest BCUT2D eigenvalue weighted by atomic mass is 79.9. The van der Waals surface area contributed by atoms with Gasteiger partial charge in [0.05, 0.1) is 11.0 Å². The van der Waals surface area contributed by atoms with E-state index in [4.69, 9.17) is 10.2 Å². The summed E-state index contributed by atoms with van der Waals surface area (Å²) < 4.78 is 18.8. The van der Waals surface area contributed by atoms with Gasteiger partial charge in [0.15, 0.2) is 0 Å². The van der Waals surface area contributed by atoms with E-state index in [-0.39, 0.29) is 18.3 Å². The monoisotopic (exact) mass is 271 g/mol. The van der Waals surface area contributed by atoms with Gasteiger partial charge in [-0.2, -0.15) is 0 Å². The highest BCUT2D eigenvalue weighted by Gasteiger charge is 2.09. The summed E-state index contributed by atoms with van der Waals surface area (Å²) in [5.74, 6) is 0.218. The summed E-state index contributed by atoms with van der Waals surface area (Å²) in [5, 5.41) is 7.44. The molecule has 2 aromatic rings. The van der Waals surface area contributed by atoms with E-state index < -0.39 is 0 Å². The van der Waals surface area contributed by atoms with Crippen molar-refractivity contribution in [2.75, 3.05) is 0 Å². The van der Waals surface area contributed by atoms with Gasteiger partial charge in [-0.05, 0) is 34.1 Å². The molecule has 2 N–H and O–H groups in total. The molecule has 78 valence electrons. The van der Waals surface area contributed by atoms with Crippen molar-refractivity contribution in [1.82, 2.24) is 10.2 Å². The van der Waals surface area contributed by atoms with Gasteiger partial charge in [-0.15, -0.1) is 10.2 Å². The summed E-state index contributed by atoms with van der Waals surface area (Å²) in [6.45, 7) is 0.173. The van der Waals surface area contributed by atoms with Gasteiger partial charge >= 0.3 is 0 Å². The van der Waals surface area contributed by atoms with E-state index in [2.05, 4.69) is 26.1 Å². The van der Waals surface area contributed by atoms with Crippen LogP contribution in [0.15, 0.2) is 27.1 Å². The summed E-state index contributed by atoms with van der Waals surface area (Å²) in [6.07, 6.45) is 0. The second kappa shape index (κ2) is 4.08. The van der Waals surface area contributed by atoms with Crippen LogP contribution in [0.1, 0.15) is 5.89 Å². The topological polar surface area (TPSA) is 64.9 Å². The lowest BCUT2D eigenvalue weighted by molar-refractivity contribution is 0.508. The molecule has 0 atom stereocenters. The molecule has 15 heavy (non-hydrogen) atoms. The maximum absolute atomic E-state index is 13.2. The lowest BCUT2D eigenvalue weighted by Gasteiger charge is -1.96. The molecule has 1 aromatic carbocycles. The molecule has 6 heteroatoms. The Bertz CT molecular complexity index is 486. The van der Waals surface area contributed by atoms with E-state index in [1.165, 1.54) is 6.07 Å². The molecular weight excluding hydrogens is 265 g/mol. The summed E-state index contributed by atoms with van der Waals surface area (Å²) in [7, 11) is 0. The Morgan fingerprint density at radius 2 is 2.20 bits per heavy atom. The lowest BCUT2D eigenvalue weighted by Crippen LogP contribution is -1.95. The number of rotatable bonds is 2. The van der Waals surface area contributed by atoms with E-state index in [1.807, 2.05) is 0 Å². The van der Waals surface area contributed by atoms with E-state index in [0.717, 1.165) is 0 Å². The smallest absolute Gasteiger partial charge is 0.247 e. The third kappa shape index (κ3) is 2.05. The lowest BCUT2D eigenvalue weighted by atomic mass is 10.2. The minimum atomic E-state index is -0.375. The van der Waals surface area contributed by atoms with Gasteiger partial charge in [0.2, 0.25) is 11.8 Å². The van der Waals surface area contributed by atoms with Crippen molar-refractivity contribution < 1.29 is 8.81 Å². The summed E-state index contributed by atoms with van der Waals surface area (Å²) in [5.41, 5.74) is 5.85. The molecule has 0 radical (unpaired) electrons. The van der Waals surface area contributed by atoms with Crippen LogP contribution in [-0.4, -0.2) is 10.2 Å². The first-order valence-corrected chi connectivity index (χ1v) is 4.98. The first-order valence-electron chi connectivity index (χ1n) is 4.18. The molecule has 0 fully saturated rings. The van der Waals surface area contributed by atoms with Crippen LogP contribution in [0.3, 0.4) is 0 Å². The summed E-state index contributed by atoms with van der Waals surface area (Å²) in [4.78, 5) is 0. The van der Waals surface area contributed by atoms with Gasteiger partial charge in [0.25, 0.3) is 0 Å². The summed E-state index contributed by atoms with van der Waals surface area (Å²) >= 11 is 3.06. The zero-order chi connectivity index (χ0) is 10.8. The van der Waals surface area contributed by atoms with Crippen molar-refractivity contribution in [2.45, 2.75) is 6.54 Å². The van der Waals surface area contributed by atoms with Gasteiger partial charge in [0.1, 0.15) is 5.82 Å². The Morgan fingerprint density at radius 3 is 2.80 bits per heavy atom. The van der Waals surface area contributed by atoms with Crippen LogP contribution in [0.25, 0.3) is 11.5 Å². The van der Waals surface area contributed by atoms with Crippen molar-refractivity contribution >= 4 is 15.9 Å². The highest BCUT2D eigenvalue weighted by Crippen LogP contribution is 2.23. The molecule has 1 heterocycles. The van der Waals surface area contributed by atoms with Gasteiger partial charge in [0, 0.05) is 5.56 Å². The van der Waals surface area contributed by atoms with Crippen LogP contribution in [0.5, 0.6) is 0 Å². The van der Waals surface area contributed by atoms with Crippen LogP contribution < -0.4 is 5.73 Å². The highest BCUT2D eigenvalue weighted by molar-refractivity contribution is 9.10. The fraction of sp³-hybridized carbons (Fsp3) is 0.111. The molecule has 0 aliphatic carbocycles. The molecule has 0 aliphatic heterocycles. The Labute approximate surface area is 93.4 Å². The standard InChI is InChI=1S/C9H7BrFN3O/c10-6-2-1-5(3-7(6)11)9-14-13-8(4-12)15-9/h1-3H,4,12H2. The molecule has 0 spiro atoms. The maximum Gasteiger partial charge on any atom is 0.247 e. The Morgan fingerprint density at radius 1 is 1.40 bits per heavy atom. The second-order valence-electron chi connectivity index (χ2n) is 2.83.